The molecule has 2 N–H and O–H groups in total. The summed E-state index contributed by atoms with van der Waals surface area (Å²) in [5, 5.41) is 6.16. The third-order valence-electron chi connectivity index (χ3n) is 16.4. The Balaban J connectivity index is 1.09. The van der Waals surface area contributed by atoms with E-state index in [1.165, 1.54) is 11.1 Å². The van der Waals surface area contributed by atoms with Crippen molar-refractivity contribution in [3.05, 3.63) is 237 Å². The minimum Gasteiger partial charge on any atom is -0.422 e. The first kappa shape index (κ1) is 62.8. The van der Waals surface area contributed by atoms with Crippen molar-refractivity contribution in [1.29, 1.82) is 0 Å². The molecule has 8 unspecified atom stereocenters. The van der Waals surface area contributed by atoms with Gasteiger partial charge >= 0.3 is 11.9 Å². The molecule has 448 valence electrons. The van der Waals surface area contributed by atoms with Crippen molar-refractivity contribution in [2.24, 2.45) is 11.8 Å². The Morgan fingerprint density at radius 1 is 0.424 bits per heavy atom. The lowest BCUT2D eigenvalue weighted by atomic mass is 9.92. The van der Waals surface area contributed by atoms with E-state index in [9.17, 15) is 19.2 Å². The summed E-state index contributed by atoms with van der Waals surface area (Å²) in [5.41, 5.74) is 12.6. The Hall–Kier alpha value is -8.20. The molecule has 0 aromatic heterocycles. The van der Waals surface area contributed by atoms with Gasteiger partial charge in [0.15, 0.2) is 0 Å². The van der Waals surface area contributed by atoms with Crippen LogP contribution in [0.15, 0.2) is 170 Å². The standard InChI is InChI=1S/C71H86N6O8/c1-46(2)64(66(60-19-15-13-16-20-60)82-44-58-33-27-50(7)52(9)39-58)76-37-35-74(54(11)68(80)72-42-56-29-23-48(5)24-30-56)70(76)84-62(78)41-63(79)85-71-75(55(12)69(81)73-43-57-31-25-49(6)26-32-57)36-38-77(71)65(47(3)4)67(61-21-17-14-18-22-61)83-45-59-34-28-51(8)53(10)40-59/h13-40,46-47,54-55,64-67,70-71H,41-45H2,1-12H3,(H,72,80)(H,73,81). The molecule has 0 bridgehead atoms. The zero-order valence-corrected chi connectivity index (χ0v) is 51.5. The molecular weight excluding hydrogens is 1060 g/mol. The van der Waals surface area contributed by atoms with Gasteiger partial charge in [-0.25, -0.2) is 0 Å². The van der Waals surface area contributed by atoms with E-state index in [1.54, 1.807) is 36.0 Å². The van der Waals surface area contributed by atoms with E-state index in [2.05, 4.69) is 102 Å². The van der Waals surface area contributed by atoms with Crippen molar-refractivity contribution >= 4 is 23.8 Å². The molecule has 6 aromatic carbocycles. The van der Waals surface area contributed by atoms with E-state index in [-0.39, 0.29) is 36.7 Å². The van der Waals surface area contributed by atoms with Crippen LogP contribution in [-0.2, 0) is 64.4 Å². The van der Waals surface area contributed by atoms with Crippen LogP contribution in [0.4, 0.5) is 0 Å². The number of esters is 2. The molecule has 0 saturated heterocycles. The van der Waals surface area contributed by atoms with E-state index in [0.717, 1.165) is 55.6 Å². The average molecular weight is 1150 g/mol. The molecule has 14 nitrogen and oxygen atoms in total. The zero-order chi connectivity index (χ0) is 60.9. The molecule has 8 rings (SSSR count). The van der Waals surface area contributed by atoms with E-state index in [4.69, 9.17) is 18.9 Å². The summed E-state index contributed by atoms with van der Waals surface area (Å²) >= 11 is 0. The molecule has 85 heavy (non-hydrogen) atoms. The molecule has 2 aliphatic rings. The normalized spacial score (nSPS) is 17.0. The Morgan fingerprint density at radius 2 is 0.765 bits per heavy atom. The number of aryl methyl sites for hydroxylation is 6. The van der Waals surface area contributed by atoms with Crippen LogP contribution in [0, 0.1) is 53.4 Å². The Labute approximate surface area is 503 Å². The van der Waals surface area contributed by atoms with E-state index < -0.39 is 67.4 Å². The third kappa shape index (κ3) is 16.2. The first-order valence-electron chi connectivity index (χ1n) is 29.7. The molecule has 0 radical (unpaired) electrons. The smallest absolute Gasteiger partial charge is 0.320 e. The van der Waals surface area contributed by atoms with Gasteiger partial charge in [0.1, 0.15) is 30.7 Å². The highest BCUT2D eigenvalue weighted by molar-refractivity contribution is 5.91. The van der Waals surface area contributed by atoms with Crippen LogP contribution in [0.1, 0.15) is 127 Å². The highest BCUT2D eigenvalue weighted by Crippen LogP contribution is 2.39. The van der Waals surface area contributed by atoms with Gasteiger partial charge in [-0.05, 0) is 123 Å². The van der Waals surface area contributed by atoms with Crippen LogP contribution in [0.5, 0.6) is 0 Å². The summed E-state index contributed by atoms with van der Waals surface area (Å²) in [7, 11) is 0. The van der Waals surface area contributed by atoms with Crippen LogP contribution >= 0.6 is 0 Å². The maximum atomic E-state index is 14.8. The quantitative estimate of drug-likeness (QED) is 0.0394. The van der Waals surface area contributed by atoms with Gasteiger partial charge in [0.05, 0.1) is 25.3 Å². The minimum atomic E-state index is -1.20. The lowest BCUT2D eigenvalue weighted by molar-refractivity contribution is -0.193. The molecule has 8 atom stereocenters. The lowest BCUT2D eigenvalue weighted by Gasteiger charge is -2.43. The highest BCUT2D eigenvalue weighted by atomic mass is 16.6. The summed E-state index contributed by atoms with van der Waals surface area (Å²) in [4.78, 5) is 65.3. The molecule has 6 aromatic rings. The predicted octanol–water partition coefficient (Wildman–Crippen LogP) is 12.4. The number of hydrogen-bond donors (Lipinski definition) is 2. The monoisotopic (exact) mass is 1150 g/mol. The number of amides is 2. The van der Waals surface area contributed by atoms with Crippen LogP contribution in [0.3, 0.4) is 0 Å². The molecule has 0 fully saturated rings. The van der Waals surface area contributed by atoms with Crippen molar-refractivity contribution in [2.75, 3.05) is 0 Å². The molecule has 14 heteroatoms. The SMILES string of the molecule is Cc1ccc(CNC(=O)C(C)N2C=CN(C(C(C)C)C(OCc3ccc(C)c(C)c3)c3ccccc3)C2OC(=O)CC(=O)OC2N(C(C)C(=O)NCc3ccc(C)cc3)C=CN2C(C(C)C)C(OCc2ccc(C)c(C)c2)c2ccccc2)cc1. The number of rotatable bonds is 26. The summed E-state index contributed by atoms with van der Waals surface area (Å²) in [6, 6.07) is 45.8. The van der Waals surface area contributed by atoms with E-state index >= 15 is 0 Å². The lowest BCUT2D eigenvalue weighted by Crippen LogP contribution is -2.55. The van der Waals surface area contributed by atoms with E-state index in [1.807, 2.05) is 145 Å². The molecule has 0 saturated carbocycles. The Morgan fingerprint density at radius 3 is 1.11 bits per heavy atom. The van der Waals surface area contributed by atoms with E-state index in [0.29, 0.717) is 13.2 Å². The van der Waals surface area contributed by atoms with Crippen molar-refractivity contribution in [1.82, 2.24) is 30.2 Å². The topological polar surface area (TPSA) is 142 Å². The van der Waals surface area contributed by atoms with Crippen molar-refractivity contribution in [3.8, 4) is 0 Å². The summed E-state index contributed by atoms with van der Waals surface area (Å²) < 4.78 is 26.9. The van der Waals surface area contributed by atoms with Crippen molar-refractivity contribution in [3.63, 3.8) is 0 Å². The van der Waals surface area contributed by atoms with Gasteiger partial charge in [-0.1, -0.05) is 184 Å². The van der Waals surface area contributed by atoms with Crippen molar-refractivity contribution in [2.45, 2.75) is 165 Å². The second kappa shape index (κ2) is 29.1. The maximum Gasteiger partial charge on any atom is 0.320 e. The fourth-order valence-corrected chi connectivity index (χ4v) is 11.0. The second-order valence-electron chi connectivity index (χ2n) is 23.5. The average Bonchev–Trinajstić information content (AvgIpc) is 2.58. The predicted molar refractivity (Wildman–Crippen MR) is 332 cm³/mol. The molecule has 0 spiro atoms. The number of nitrogens with one attached hydrogen (secondary N) is 2. The highest BCUT2D eigenvalue weighted by Gasteiger charge is 2.46. The Kier molecular flexibility index (Phi) is 21.5. The van der Waals surface area contributed by atoms with Gasteiger partial charge < -0.3 is 49.2 Å². The number of nitrogens with zero attached hydrogens (tertiary/aromatic N) is 4. The Bertz CT molecular complexity index is 3040. The number of carbonyl (C=O) groups excluding carboxylic acids is 4. The van der Waals surface area contributed by atoms with Gasteiger partial charge in [0.2, 0.25) is 11.8 Å². The first-order valence-corrected chi connectivity index (χ1v) is 29.7. The van der Waals surface area contributed by atoms with Crippen LogP contribution in [0.25, 0.3) is 0 Å². The summed E-state index contributed by atoms with van der Waals surface area (Å²) in [6.07, 6.45) is 2.89. The summed E-state index contributed by atoms with van der Waals surface area (Å²) in [5.74, 6) is -2.57. The molecule has 2 aliphatic heterocycles. The molecule has 2 heterocycles. The second-order valence-corrected chi connectivity index (χ2v) is 23.5. The van der Waals surface area contributed by atoms with Crippen molar-refractivity contribution < 1.29 is 38.1 Å². The molecule has 2 amide bonds. The third-order valence-corrected chi connectivity index (χ3v) is 16.4. The number of carbonyl (C=O) groups is 4. The van der Waals surface area contributed by atoms with Gasteiger partial charge in [-0.15, -0.1) is 0 Å². The van der Waals surface area contributed by atoms with Crippen LogP contribution in [-0.4, -0.2) is 80.2 Å². The van der Waals surface area contributed by atoms with Gasteiger partial charge in [-0.3, -0.25) is 19.2 Å². The fourth-order valence-electron chi connectivity index (χ4n) is 11.0. The maximum absolute atomic E-state index is 14.8. The fraction of sp³-hybridized carbons (Fsp3) is 0.380. The van der Waals surface area contributed by atoms with Gasteiger partial charge in [0.25, 0.3) is 12.7 Å². The van der Waals surface area contributed by atoms with Gasteiger partial charge in [0, 0.05) is 37.9 Å². The largest absolute Gasteiger partial charge is 0.422 e. The van der Waals surface area contributed by atoms with Crippen LogP contribution < -0.4 is 10.6 Å². The minimum absolute atomic E-state index is 0.104. The zero-order valence-electron chi connectivity index (χ0n) is 51.5. The molecule has 0 aliphatic carbocycles. The summed E-state index contributed by atoms with van der Waals surface area (Å²) in [6.45, 7) is 25.4. The van der Waals surface area contributed by atoms with Crippen LogP contribution in [0.2, 0.25) is 0 Å². The number of benzene rings is 6. The van der Waals surface area contributed by atoms with Gasteiger partial charge in [-0.2, -0.15) is 0 Å². The first-order chi connectivity index (χ1) is 40.8. The number of hydrogen-bond acceptors (Lipinski definition) is 12. The number of ether oxygens (including phenoxy) is 4. The molecular formula is C71H86N6O8.